The summed E-state index contributed by atoms with van der Waals surface area (Å²) in [6.45, 7) is 0. The molecule has 0 spiro atoms. The van der Waals surface area contributed by atoms with Crippen LogP contribution in [-0.4, -0.2) is 12.2 Å². The maximum atomic E-state index is 9.86. The van der Waals surface area contributed by atoms with Gasteiger partial charge in [-0.1, -0.05) is 5.16 Å². The van der Waals surface area contributed by atoms with Crippen molar-refractivity contribution in [1.82, 2.24) is 0 Å². The second-order valence-electron chi connectivity index (χ2n) is 0.889. The zero-order valence-electron chi connectivity index (χ0n) is 2.97. The molecule has 0 aliphatic carbocycles. The molecule has 1 heterocycles. The predicted octanol–water partition coefficient (Wildman–Crippen LogP) is -0.204. The van der Waals surface area contributed by atoms with Gasteiger partial charge in [-0.15, -0.1) is 0 Å². The van der Waals surface area contributed by atoms with Gasteiger partial charge in [-0.05, 0) is 0 Å². The van der Waals surface area contributed by atoms with E-state index in [0.29, 0.717) is 0 Å². The third-order valence-electron chi connectivity index (χ3n) is 0.435. The van der Waals surface area contributed by atoms with Crippen molar-refractivity contribution in [2.45, 2.75) is 6.42 Å². The topological polar surface area (TPSA) is 38.7 Å². The van der Waals surface area contributed by atoms with E-state index in [4.69, 9.17) is 0 Å². The van der Waals surface area contributed by atoms with Gasteiger partial charge in [0.25, 0.3) is 0 Å². The highest BCUT2D eigenvalue weighted by atomic mass is 16.7. The normalized spacial score (nSPS) is 18.3. The van der Waals surface area contributed by atoms with Gasteiger partial charge in [-0.3, -0.25) is 0 Å². The van der Waals surface area contributed by atoms with Crippen LogP contribution in [0.5, 0.6) is 0 Å². The maximum absolute atomic E-state index is 9.86. The average Bonchev–Trinajstić information content (AvgIpc) is 1.86. The van der Waals surface area contributed by atoms with Crippen molar-refractivity contribution in [3.63, 3.8) is 0 Å². The molecule has 0 amide bonds. The highest BCUT2D eigenvalue weighted by molar-refractivity contribution is 5.88. The van der Waals surface area contributed by atoms with E-state index in [0.717, 1.165) is 0 Å². The molecule has 0 saturated heterocycles. The lowest BCUT2D eigenvalue weighted by molar-refractivity contribution is -0.140. The summed E-state index contributed by atoms with van der Waals surface area (Å²) >= 11 is 0. The lowest BCUT2D eigenvalue weighted by atomic mass is 10.5. The van der Waals surface area contributed by atoms with E-state index in [2.05, 4.69) is 16.2 Å². The SMILES string of the molecule is O=C1C[C]=NO1. The van der Waals surface area contributed by atoms with E-state index in [1.807, 2.05) is 0 Å². The molecule has 3 heteroatoms. The van der Waals surface area contributed by atoms with E-state index in [1.165, 1.54) is 0 Å². The van der Waals surface area contributed by atoms with Crippen LogP contribution in [0.25, 0.3) is 0 Å². The summed E-state index contributed by atoms with van der Waals surface area (Å²) in [6, 6.07) is 0. The van der Waals surface area contributed by atoms with Crippen LogP contribution in [0.2, 0.25) is 0 Å². The van der Waals surface area contributed by atoms with Gasteiger partial charge >= 0.3 is 5.97 Å². The van der Waals surface area contributed by atoms with Crippen LogP contribution >= 0.6 is 0 Å². The molecule has 0 aromatic rings. The molecule has 31 valence electrons. The molecular formula is C3H2NO2. The van der Waals surface area contributed by atoms with Gasteiger partial charge in [0, 0.05) is 0 Å². The maximum Gasteiger partial charge on any atom is 0.341 e. The van der Waals surface area contributed by atoms with Crippen molar-refractivity contribution >= 4 is 12.2 Å². The summed E-state index contributed by atoms with van der Waals surface area (Å²) in [4.78, 5) is 13.9. The fourth-order valence-corrected chi connectivity index (χ4v) is 0.212. The molecule has 1 aliphatic rings. The Hall–Kier alpha value is -0.860. The molecule has 3 nitrogen and oxygen atoms in total. The average molecular weight is 84.1 g/mol. The number of carbonyl (C=O) groups is 1. The molecule has 6 heavy (non-hydrogen) atoms. The monoisotopic (exact) mass is 84.0 g/mol. The molecule has 0 N–H and O–H groups in total. The first-order valence-corrected chi connectivity index (χ1v) is 1.52. The van der Waals surface area contributed by atoms with Gasteiger partial charge < -0.3 is 4.84 Å². The Morgan fingerprint density at radius 1 is 2.00 bits per heavy atom. The minimum Gasteiger partial charge on any atom is -0.317 e. The molecule has 0 saturated carbocycles. The molecule has 0 fully saturated rings. The van der Waals surface area contributed by atoms with Crippen molar-refractivity contribution in [2.24, 2.45) is 5.16 Å². The molecule has 1 rings (SSSR count). The Labute approximate surface area is 34.6 Å². The Morgan fingerprint density at radius 2 is 2.83 bits per heavy atom. The van der Waals surface area contributed by atoms with Crippen molar-refractivity contribution in [3.05, 3.63) is 0 Å². The highest BCUT2D eigenvalue weighted by Crippen LogP contribution is 1.90. The number of rotatable bonds is 0. The van der Waals surface area contributed by atoms with Crippen LogP contribution < -0.4 is 0 Å². The van der Waals surface area contributed by atoms with Gasteiger partial charge in [-0.25, -0.2) is 4.79 Å². The third-order valence-corrected chi connectivity index (χ3v) is 0.435. The first-order chi connectivity index (χ1) is 2.89. The quantitative estimate of drug-likeness (QED) is 0.381. The molecular weight excluding hydrogens is 82.0 g/mol. The van der Waals surface area contributed by atoms with Crippen molar-refractivity contribution in [3.8, 4) is 0 Å². The first kappa shape index (κ1) is 3.33. The molecule has 0 atom stereocenters. The predicted molar refractivity (Wildman–Crippen MR) is 18.1 cm³/mol. The first-order valence-electron chi connectivity index (χ1n) is 1.52. The Bertz CT molecular complexity index is 87.0. The van der Waals surface area contributed by atoms with E-state index >= 15 is 0 Å². The van der Waals surface area contributed by atoms with Crippen molar-refractivity contribution in [2.75, 3.05) is 0 Å². The fraction of sp³-hybridized carbons (Fsp3) is 0.333. The summed E-state index contributed by atoms with van der Waals surface area (Å²) in [6.07, 6.45) is 2.53. The third kappa shape index (κ3) is 0.381. The number of nitrogens with zero attached hydrogens (tertiary/aromatic N) is 1. The molecule has 1 radical (unpaired) electrons. The summed E-state index contributed by atoms with van der Waals surface area (Å²) in [5.41, 5.74) is 0. The van der Waals surface area contributed by atoms with Crippen molar-refractivity contribution in [1.29, 1.82) is 0 Å². The number of hydrogen-bond donors (Lipinski definition) is 0. The molecule has 0 bridgehead atoms. The van der Waals surface area contributed by atoms with Gasteiger partial charge in [-0.2, -0.15) is 0 Å². The molecule has 1 aliphatic heterocycles. The number of hydrogen-bond acceptors (Lipinski definition) is 3. The summed E-state index contributed by atoms with van der Waals surface area (Å²) < 4.78 is 0. The number of carbonyl (C=O) groups excluding carboxylic acids is 1. The summed E-state index contributed by atoms with van der Waals surface area (Å²) in [5, 5.41) is 3.06. The second kappa shape index (κ2) is 1.08. The second-order valence-corrected chi connectivity index (χ2v) is 0.889. The van der Waals surface area contributed by atoms with E-state index in [-0.39, 0.29) is 12.4 Å². The van der Waals surface area contributed by atoms with Crippen LogP contribution in [0.4, 0.5) is 0 Å². The lowest BCUT2D eigenvalue weighted by Crippen LogP contribution is -1.88. The zero-order chi connectivity index (χ0) is 4.41. The van der Waals surface area contributed by atoms with Crippen LogP contribution in [0.1, 0.15) is 6.42 Å². The van der Waals surface area contributed by atoms with Gasteiger partial charge in [0.15, 0.2) is 0 Å². The molecule has 0 unspecified atom stereocenters. The van der Waals surface area contributed by atoms with Crippen molar-refractivity contribution < 1.29 is 9.63 Å². The van der Waals surface area contributed by atoms with Gasteiger partial charge in [0.2, 0.25) is 0 Å². The van der Waals surface area contributed by atoms with Gasteiger partial charge in [0.1, 0.15) is 6.21 Å². The fourth-order valence-electron chi connectivity index (χ4n) is 0.212. The summed E-state index contributed by atoms with van der Waals surface area (Å²) in [7, 11) is 0. The largest absolute Gasteiger partial charge is 0.341 e. The van der Waals surface area contributed by atoms with E-state index in [1.54, 1.807) is 0 Å². The minimum absolute atomic E-state index is 0.208. The van der Waals surface area contributed by atoms with Crippen LogP contribution in [-0.2, 0) is 9.63 Å². The standard InChI is InChI=1S/C3H2NO2/c5-3-1-2-4-6-3/h1H2. The Morgan fingerprint density at radius 3 is 3.00 bits per heavy atom. The summed E-state index contributed by atoms with van der Waals surface area (Å²) in [5.74, 6) is -0.324. The smallest absolute Gasteiger partial charge is 0.317 e. The molecule has 0 aromatic carbocycles. The Kier molecular flexibility index (Phi) is 0.602. The van der Waals surface area contributed by atoms with E-state index < -0.39 is 0 Å². The van der Waals surface area contributed by atoms with Crippen LogP contribution in [0, 0.1) is 0 Å². The van der Waals surface area contributed by atoms with Crippen LogP contribution in [0.3, 0.4) is 0 Å². The minimum atomic E-state index is -0.324. The molecule has 0 aromatic heterocycles. The Balaban J connectivity index is 2.52. The van der Waals surface area contributed by atoms with Crippen LogP contribution in [0.15, 0.2) is 5.16 Å². The lowest BCUT2D eigenvalue weighted by Gasteiger charge is -1.74. The van der Waals surface area contributed by atoms with E-state index in [9.17, 15) is 4.79 Å². The zero-order valence-corrected chi connectivity index (χ0v) is 2.97. The van der Waals surface area contributed by atoms with Gasteiger partial charge in [0.05, 0.1) is 6.42 Å². The highest BCUT2D eigenvalue weighted by Gasteiger charge is 2.04.